The van der Waals surface area contributed by atoms with Gasteiger partial charge in [0.2, 0.25) is 0 Å². The molecular weight excluding hydrogens is 528 g/mol. The quantitative estimate of drug-likeness (QED) is 0.195. The molecule has 0 atom stereocenters. The van der Waals surface area contributed by atoms with Crippen LogP contribution in [0.15, 0.2) is 89.6 Å². The highest BCUT2D eigenvalue weighted by atomic mass is 32.2. The lowest BCUT2D eigenvalue weighted by atomic mass is 10.1. The van der Waals surface area contributed by atoms with Crippen LogP contribution in [0.5, 0.6) is 11.5 Å². The first-order valence-corrected chi connectivity index (χ1v) is 14.8. The second kappa shape index (κ2) is 12.2. The summed E-state index contributed by atoms with van der Waals surface area (Å²) in [4.78, 5) is 8.91. The molecular formula is C30H30N4O5S. The standard InChI is InChI=1S/C30H30N4O5S/c1-37-29-17-27-25(16-26(29)28-13-12-24(39-28)18-31-14-15-40(2,35)36)30(33-20-32-27)34-22-8-10-23(11-9-22)38-19-21-6-4-3-5-7-21/h3-13,16-17,20,31H,14-15,18-19H2,1-2H3,(H,32,33,34). The van der Waals surface area contributed by atoms with Gasteiger partial charge in [-0.1, -0.05) is 30.3 Å². The summed E-state index contributed by atoms with van der Waals surface area (Å²) >= 11 is 0. The molecule has 206 valence electrons. The number of ether oxygens (including phenoxy) is 2. The summed E-state index contributed by atoms with van der Waals surface area (Å²) < 4.78 is 40.3. The maximum atomic E-state index is 11.3. The van der Waals surface area contributed by atoms with Gasteiger partial charge in [0.25, 0.3) is 0 Å². The number of benzene rings is 3. The van der Waals surface area contributed by atoms with Crippen molar-refractivity contribution in [3.8, 4) is 22.8 Å². The second-order valence-corrected chi connectivity index (χ2v) is 11.5. The predicted octanol–water partition coefficient (Wildman–Crippen LogP) is 5.36. The molecule has 40 heavy (non-hydrogen) atoms. The summed E-state index contributed by atoms with van der Waals surface area (Å²) in [5, 5.41) is 7.27. The van der Waals surface area contributed by atoms with E-state index in [2.05, 4.69) is 20.6 Å². The van der Waals surface area contributed by atoms with Gasteiger partial charge in [-0.3, -0.25) is 0 Å². The average molecular weight is 559 g/mol. The summed E-state index contributed by atoms with van der Waals surface area (Å²) in [6.45, 7) is 1.26. The molecule has 0 unspecified atom stereocenters. The molecule has 9 nitrogen and oxygen atoms in total. The van der Waals surface area contributed by atoms with Crippen LogP contribution in [-0.2, 0) is 23.0 Å². The van der Waals surface area contributed by atoms with E-state index >= 15 is 0 Å². The number of hydrogen-bond acceptors (Lipinski definition) is 9. The molecule has 5 rings (SSSR count). The Hall–Kier alpha value is -4.41. The normalized spacial score (nSPS) is 11.4. The Morgan fingerprint density at radius 2 is 1.75 bits per heavy atom. The van der Waals surface area contributed by atoms with Crippen LogP contribution >= 0.6 is 0 Å². The molecule has 3 aromatic carbocycles. The summed E-state index contributed by atoms with van der Waals surface area (Å²) in [5.74, 6) is 3.40. The van der Waals surface area contributed by atoms with E-state index in [1.165, 1.54) is 12.6 Å². The summed E-state index contributed by atoms with van der Waals surface area (Å²) in [6.07, 6.45) is 2.73. The van der Waals surface area contributed by atoms with Crippen molar-refractivity contribution >= 4 is 32.2 Å². The van der Waals surface area contributed by atoms with Gasteiger partial charge >= 0.3 is 0 Å². The molecule has 0 bridgehead atoms. The number of sulfone groups is 1. The lowest BCUT2D eigenvalue weighted by Gasteiger charge is -2.13. The topological polar surface area (TPSA) is 116 Å². The van der Waals surface area contributed by atoms with Crippen LogP contribution in [0.1, 0.15) is 11.3 Å². The van der Waals surface area contributed by atoms with Crippen molar-refractivity contribution in [2.45, 2.75) is 13.2 Å². The molecule has 5 aromatic rings. The number of nitrogens with zero attached hydrogens (tertiary/aromatic N) is 2. The first kappa shape index (κ1) is 27.2. The van der Waals surface area contributed by atoms with Gasteiger partial charge in [-0.2, -0.15) is 0 Å². The number of aromatic nitrogens is 2. The monoisotopic (exact) mass is 558 g/mol. The molecule has 0 aliphatic carbocycles. The van der Waals surface area contributed by atoms with Gasteiger partial charge in [0, 0.05) is 29.9 Å². The van der Waals surface area contributed by atoms with Crippen molar-refractivity contribution in [2.75, 3.05) is 31.0 Å². The van der Waals surface area contributed by atoms with E-state index < -0.39 is 9.84 Å². The van der Waals surface area contributed by atoms with Gasteiger partial charge in [0.05, 0.1) is 30.5 Å². The molecule has 0 spiro atoms. The Bertz CT molecular complexity index is 1690. The van der Waals surface area contributed by atoms with Gasteiger partial charge < -0.3 is 24.5 Å². The Balaban J connectivity index is 1.33. The van der Waals surface area contributed by atoms with E-state index in [9.17, 15) is 8.42 Å². The summed E-state index contributed by atoms with van der Waals surface area (Å²) in [6, 6.07) is 25.2. The molecule has 0 fully saturated rings. The first-order chi connectivity index (χ1) is 19.4. The lowest BCUT2D eigenvalue weighted by molar-refractivity contribution is 0.306. The molecule has 2 heterocycles. The number of anilines is 2. The van der Waals surface area contributed by atoms with Crippen LogP contribution in [0.3, 0.4) is 0 Å². The van der Waals surface area contributed by atoms with Crippen LogP contribution in [0.2, 0.25) is 0 Å². The van der Waals surface area contributed by atoms with Gasteiger partial charge in [0.1, 0.15) is 51.6 Å². The summed E-state index contributed by atoms with van der Waals surface area (Å²) in [7, 11) is -1.42. The number of hydrogen-bond donors (Lipinski definition) is 2. The van der Waals surface area contributed by atoms with Crippen LogP contribution in [0, 0.1) is 0 Å². The molecule has 2 aromatic heterocycles. The maximum Gasteiger partial charge on any atom is 0.148 e. The fraction of sp³-hybridized carbons (Fsp3) is 0.200. The van der Waals surface area contributed by atoms with E-state index in [0.29, 0.717) is 42.8 Å². The largest absolute Gasteiger partial charge is 0.496 e. The number of nitrogens with one attached hydrogen (secondary N) is 2. The molecule has 0 amide bonds. The average Bonchev–Trinajstić information content (AvgIpc) is 3.43. The molecule has 10 heteroatoms. The Morgan fingerprint density at radius 3 is 2.50 bits per heavy atom. The second-order valence-electron chi connectivity index (χ2n) is 9.29. The van der Waals surface area contributed by atoms with E-state index in [1.54, 1.807) is 7.11 Å². The highest BCUT2D eigenvalue weighted by Gasteiger charge is 2.15. The van der Waals surface area contributed by atoms with Crippen LogP contribution in [0.4, 0.5) is 11.5 Å². The fourth-order valence-corrected chi connectivity index (χ4v) is 4.66. The third kappa shape index (κ3) is 6.96. The molecule has 0 radical (unpaired) electrons. The van der Waals surface area contributed by atoms with Crippen LogP contribution < -0.4 is 20.1 Å². The molecule has 0 saturated carbocycles. The molecule has 2 N–H and O–H groups in total. The number of methoxy groups -OCH3 is 1. The zero-order chi connectivity index (χ0) is 28.0. The first-order valence-electron chi connectivity index (χ1n) is 12.7. The van der Waals surface area contributed by atoms with Crippen molar-refractivity contribution < 1.29 is 22.3 Å². The minimum atomic E-state index is -3.02. The Morgan fingerprint density at radius 1 is 0.950 bits per heavy atom. The van der Waals surface area contributed by atoms with E-state index in [1.807, 2.05) is 78.9 Å². The van der Waals surface area contributed by atoms with Crippen molar-refractivity contribution in [3.05, 3.63) is 96.5 Å². The molecule has 0 aliphatic rings. The highest BCUT2D eigenvalue weighted by Crippen LogP contribution is 2.37. The SMILES string of the molecule is COc1cc2ncnc(Nc3ccc(OCc4ccccc4)cc3)c2cc1-c1ccc(CNCCS(C)(=O)=O)o1. The van der Waals surface area contributed by atoms with Gasteiger partial charge in [0.15, 0.2) is 0 Å². The zero-order valence-electron chi connectivity index (χ0n) is 22.3. The van der Waals surface area contributed by atoms with Crippen molar-refractivity contribution in [1.82, 2.24) is 15.3 Å². The Labute approximate surface area is 233 Å². The van der Waals surface area contributed by atoms with Crippen LogP contribution in [0.25, 0.3) is 22.2 Å². The van der Waals surface area contributed by atoms with Crippen molar-refractivity contribution in [2.24, 2.45) is 0 Å². The van der Waals surface area contributed by atoms with Gasteiger partial charge in [-0.05, 0) is 48.0 Å². The van der Waals surface area contributed by atoms with Gasteiger partial charge in [-0.25, -0.2) is 18.4 Å². The van der Waals surface area contributed by atoms with E-state index in [4.69, 9.17) is 13.9 Å². The maximum absolute atomic E-state index is 11.3. The van der Waals surface area contributed by atoms with Gasteiger partial charge in [-0.15, -0.1) is 0 Å². The predicted molar refractivity (Wildman–Crippen MR) is 156 cm³/mol. The fourth-order valence-electron chi connectivity index (χ4n) is 4.14. The minimum absolute atomic E-state index is 0.0677. The van der Waals surface area contributed by atoms with E-state index in [0.717, 1.165) is 33.5 Å². The van der Waals surface area contributed by atoms with Crippen molar-refractivity contribution in [3.63, 3.8) is 0 Å². The number of fused-ring (bicyclic) bond motifs is 1. The smallest absolute Gasteiger partial charge is 0.148 e. The van der Waals surface area contributed by atoms with Crippen LogP contribution in [-0.4, -0.2) is 44.0 Å². The minimum Gasteiger partial charge on any atom is -0.496 e. The summed E-state index contributed by atoms with van der Waals surface area (Å²) in [5.41, 5.74) is 3.43. The third-order valence-corrected chi connectivity index (χ3v) is 7.14. The number of rotatable bonds is 12. The number of furan rings is 1. The third-order valence-electron chi connectivity index (χ3n) is 6.20. The lowest BCUT2D eigenvalue weighted by Crippen LogP contribution is -2.21. The van der Waals surface area contributed by atoms with Crippen molar-refractivity contribution in [1.29, 1.82) is 0 Å². The zero-order valence-corrected chi connectivity index (χ0v) is 23.1. The molecule has 0 aliphatic heterocycles. The highest BCUT2D eigenvalue weighted by molar-refractivity contribution is 7.90. The Kier molecular flexibility index (Phi) is 8.28. The molecule has 0 saturated heterocycles. The van der Waals surface area contributed by atoms with E-state index in [-0.39, 0.29) is 5.75 Å².